The third kappa shape index (κ3) is 4.00. The fraction of sp³-hybridized carbons (Fsp3) is 0.467. The predicted octanol–water partition coefficient (Wildman–Crippen LogP) is 2.31. The number of carboxylic acids is 1. The summed E-state index contributed by atoms with van der Waals surface area (Å²) in [5.41, 5.74) is 1.23. The standard InChI is InChI=1S/C15H19NO3S/c1-9-3-5-11(6-4-9)20-8-10(2)16-14(17)12-7-13(12)15(18)19/h3-6,10,12-13H,7-8H2,1-2H3,(H,16,17)(H,18,19)/t10?,12-,13+/m1/s1. The molecule has 1 aliphatic rings. The van der Waals surface area contributed by atoms with Crippen LogP contribution < -0.4 is 5.32 Å². The van der Waals surface area contributed by atoms with E-state index in [0.717, 1.165) is 5.75 Å². The fourth-order valence-electron chi connectivity index (χ4n) is 2.00. The monoisotopic (exact) mass is 293 g/mol. The third-order valence-corrected chi connectivity index (χ3v) is 4.63. The molecule has 2 rings (SSSR count). The molecule has 0 aromatic heterocycles. The highest BCUT2D eigenvalue weighted by molar-refractivity contribution is 7.99. The Balaban J connectivity index is 1.73. The number of hydrogen-bond donors (Lipinski definition) is 2. The Morgan fingerprint density at radius 3 is 2.55 bits per heavy atom. The molecule has 0 aliphatic heterocycles. The minimum atomic E-state index is -0.869. The fourth-order valence-corrected chi connectivity index (χ4v) is 2.86. The lowest BCUT2D eigenvalue weighted by molar-refractivity contribution is -0.140. The van der Waals surface area contributed by atoms with Crippen LogP contribution in [0, 0.1) is 18.8 Å². The Morgan fingerprint density at radius 1 is 1.35 bits per heavy atom. The van der Waals surface area contributed by atoms with Crippen LogP contribution in [0.2, 0.25) is 0 Å². The summed E-state index contributed by atoms with van der Waals surface area (Å²) in [5, 5.41) is 11.7. The molecule has 2 N–H and O–H groups in total. The molecule has 1 saturated carbocycles. The summed E-state index contributed by atoms with van der Waals surface area (Å²) in [7, 11) is 0. The Morgan fingerprint density at radius 2 is 2.00 bits per heavy atom. The first-order valence-corrected chi connectivity index (χ1v) is 7.68. The molecule has 4 nitrogen and oxygen atoms in total. The van der Waals surface area contributed by atoms with Crippen LogP contribution in [0.5, 0.6) is 0 Å². The van der Waals surface area contributed by atoms with E-state index < -0.39 is 11.9 Å². The number of aliphatic carboxylic acids is 1. The van der Waals surface area contributed by atoms with E-state index in [1.165, 1.54) is 10.5 Å². The van der Waals surface area contributed by atoms with Crippen molar-refractivity contribution in [3.05, 3.63) is 29.8 Å². The number of thioether (sulfide) groups is 1. The summed E-state index contributed by atoms with van der Waals surface area (Å²) < 4.78 is 0. The highest BCUT2D eigenvalue weighted by Gasteiger charge is 2.48. The van der Waals surface area contributed by atoms with Crippen LogP contribution in [-0.2, 0) is 9.59 Å². The van der Waals surface area contributed by atoms with E-state index in [-0.39, 0.29) is 17.9 Å². The number of benzene rings is 1. The Kier molecular flexibility index (Phi) is 4.70. The topological polar surface area (TPSA) is 66.4 Å². The molecule has 0 heterocycles. The second-order valence-corrected chi connectivity index (χ2v) is 6.41. The van der Waals surface area contributed by atoms with Gasteiger partial charge in [0, 0.05) is 16.7 Å². The van der Waals surface area contributed by atoms with E-state index in [9.17, 15) is 9.59 Å². The molecule has 1 aromatic rings. The first-order chi connectivity index (χ1) is 9.47. The molecule has 1 amide bonds. The van der Waals surface area contributed by atoms with Gasteiger partial charge in [0.05, 0.1) is 11.8 Å². The van der Waals surface area contributed by atoms with Crippen molar-refractivity contribution in [2.75, 3.05) is 5.75 Å². The lowest BCUT2D eigenvalue weighted by Crippen LogP contribution is -2.36. The lowest BCUT2D eigenvalue weighted by Gasteiger charge is -2.13. The normalized spacial score (nSPS) is 22.1. The van der Waals surface area contributed by atoms with Crippen LogP contribution >= 0.6 is 11.8 Å². The number of carbonyl (C=O) groups excluding carboxylic acids is 1. The number of hydrogen-bond acceptors (Lipinski definition) is 3. The summed E-state index contributed by atoms with van der Waals surface area (Å²) in [6.45, 7) is 3.99. The zero-order chi connectivity index (χ0) is 14.7. The largest absolute Gasteiger partial charge is 0.481 e. The molecule has 0 bridgehead atoms. The van der Waals surface area contributed by atoms with Crippen molar-refractivity contribution in [3.8, 4) is 0 Å². The van der Waals surface area contributed by atoms with Gasteiger partial charge in [-0.3, -0.25) is 9.59 Å². The molecular weight excluding hydrogens is 274 g/mol. The van der Waals surface area contributed by atoms with Crippen molar-refractivity contribution in [3.63, 3.8) is 0 Å². The molecule has 0 saturated heterocycles. The molecule has 3 atom stereocenters. The minimum Gasteiger partial charge on any atom is -0.481 e. The van der Waals surface area contributed by atoms with Crippen LogP contribution in [0.3, 0.4) is 0 Å². The van der Waals surface area contributed by atoms with Gasteiger partial charge in [0.1, 0.15) is 0 Å². The number of nitrogens with one attached hydrogen (secondary N) is 1. The van der Waals surface area contributed by atoms with Crippen molar-refractivity contribution >= 4 is 23.6 Å². The molecule has 5 heteroatoms. The maximum absolute atomic E-state index is 11.8. The van der Waals surface area contributed by atoms with Gasteiger partial charge in [0.25, 0.3) is 0 Å². The second kappa shape index (κ2) is 6.31. The van der Waals surface area contributed by atoms with Crippen LogP contribution in [0.25, 0.3) is 0 Å². The second-order valence-electron chi connectivity index (χ2n) is 5.32. The summed E-state index contributed by atoms with van der Waals surface area (Å²) in [6, 6.07) is 8.29. The smallest absolute Gasteiger partial charge is 0.307 e. The van der Waals surface area contributed by atoms with Gasteiger partial charge in [-0.2, -0.15) is 0 Å². The van der Waals surface area contributed by atoms with E-state index >= 15 is 0 Å². The van der Waals surface area contributed by atoms with Crippen molar-refractivity contribution in [1.29, 1.82) is 0 Å². The molecule has 20 heavy (non-hydrogen) atoms. The maximum Gasteiger partial charge on any atom is 0.307 e. The van der Waals surface area contributed by atoms with Gasteiger partial charge in [-0.1, -0.05) is 17.7 Å². The molecule has 108 valence electrons. The van der Waals surface area contributed by atoms with Gasteiger partial charge >= 0.3 is 5.97 Å². The molecule has 1 aliphatic carbocycles. The van der Waals surface area contributed by atoms with Gasteiger partial charge in [-0.15, -0.1) is 11.8 Å². The summed E-state index contributed by atoms with van der Waals surface area (Å²) in [4.78, 5) is 23.7. The number of amides is 1. The zero-order valence-corrected chi connectivity index (χ0v) is 12.4. The van der Waals surface area contributed by atoms with E-state index in [1.54, 1.807) is 11.8 Å². The molecule has 0 radical (unpaired) electrons. The average Bonchev–Trinajstić information content (AvgIpc) is 3.18. The van der Waals surface area contributed by atoms with Crippen LogP contribution in [0.1, 0.15) is 18.9 Å². The van der Waals surface area contributed by atoms with Gasteiger partial charge in [0.15, 0.2) is 0 Å². The van der Waals surface area contributed by atoms with E-state index in [4.69, 9.17) is 5.11 Å². The minimum absolute atomic E-state index is 0.0313. The number of carbonyl (C=O) groups is 2. The number of carboxylic acid groups (broad SMARTS) is 1. The van der Waals surface area contributed by atoms with Crippen molar-refractivity contribution in [2.45, 2.75) is 31.2 Å². The highest BCUT2D eigenvalue weighted by atomic mass is 32.2. The van der Waals surface area contributed by atoms with Crippen molar-refractivity contribution in [2.24, 2.45) is 11.8 Å². The van der Waals surface area contributed by atoms with Crippen LogP contribution in [0.15, 0.2) is 29.2 Å². The summed E-state index contributed by atoms with van der Waals surface area (Å²) in [5.74, 6) is -1.04. The molecular formula is C15H19NO3S. The van der Waals surface area contributed by atoms with Crippen molar-refractivity contribution in [1.82, 2.24) is 5.32 Å². The van der Waals surface area contributed by atoms with E-state index in [0.29, 0.717) is 6.42 Å². The number of rotatable bonds is 6. The summed E-state index contributed by atoms with van der Waals surface area (Å²) in [6.07, 6.45) is 0.471. The zero-order valence-electron chi connectivity index (χ0n) is 11.6. The first-order valence-electron chi connectivity index (χ1n) is 6.70. The van der Waals surface area contributed by atoms with Gasteiger partial charge < -0.3 is 10.4 Å². The maximum atomic E-state index is 11.8. The molecule has 1 fully saturated rings. The predicted molar refractivity (Wildman–Crippen MR) is 78.7 cm³/mol. The van der Waals surface area contributed by atoms with Crippen LogP contribution in [0.4, 0.5) is 0 Å². The Hall–Kier alpha value is -1.49. The molecule has 1 unspecified atom stereocenters. The van der Waals surface area contributed by atoms with Crippen LogP contribution in [-0.4, -0.2) is 28.8 Å². The lowest BCUT2D eigenvalue weighted by atomic mass is 10.2. The van der Waals surface area contributed by atoms with Gasteiger partial charge in [-0.05, 0) is 32.4 Å². The van der Waals surface area contributed by atoms with E-state index in [2.05, 4.69) is 29.6 Å². The quantitative estimate of drug-likeness (QED) is 0.790. The molecule has 0 spiro atoms. The Labute approximate surface area is 123 Å². The average molecular weight is 293 g/mol. The first kappa shape index (κ1) is 14.9. The highest BCUT2D eigenvalue weighted by Crippen LogP contribution is 2.38. The third-order valence-electron chi connectivity index (χ3n) is 3.35. The SMILES string of the molecule is Cc1ccc(SCC(C)NC(=O)[C@@H]2C[C@@H]2C(=O)O)cc1. The molecule has 1 aromatic carbocycles. The van der Waals surface area contributed by atoms with Gasteiger partial charge in [0.2, 0.25) is 5.91 Å². The van der Waals surface area contributed by atoms with E-state index in [1.807, 2.05) is 13.8 Å². The Bertz CT molecular complexity index is 500. The van der Waals surface area contributed by atoms with Gasteiger partial charge in [-0.25, -0.2) is 0 Å². The van der Waals surface area contributed by atoms with Crippen molar-refractivity contribution < 1.29 is 14.7 Å². The number of aryl methyl sites for hydroxylation is 1. The summed E-state index contributed by atoms with van der Waals surface area (Å²) >= 11 is 1.69.